The number of nitrogens with one attached hydrogen (secondary N) is 1. The van der Waals surface area contributed by atoms with Gasteiger partial charge in [-0.25, -0.2) is 0 Å². The highest BCUT2D eigenvalue weighted by molar-refractivity contribution is 6.20. The van der Waals surface area contributed by atoms with E-state index in [4.69, 9.17) is 16.3 Å². The molecule has 0 aromatic rings. The van der Waals surface area contributed by atoms with Gasteiger partial charge in [-0.2, -0.15) is 0 Å². The molecule has 0 aliphatic carbocycles. The molecule has 2 nitrogen and oxygen atoms in total. The third kappa shape index (κ3) is 7.85. The van der Waals surface area contributed by atoms with Gasteiger partial charge in [0.05, 0.1) is 12.0 Å². The molecular formula is C8H16ClNO. The summed E-state index contributed by atoms with van der Waals surface area (Å²) in [5.74, 6) is 0. The molecular weight excluding hydrogens is 162 g/mol. The van der Waals surface area contributed by atoms with Gasteiger partial charge in [0.1, 0.15) is 0 Å². The van der Waals surface area contributed by atoms with Gasteiger partial charge in [-0.3, -0.25) is 0 Å². The van der Waals surface area contributed by atoms with Crippen LogP contribution in [0.1, 0.15) is 6.42 Å². The first-order valence-electron chi connectivity index (χ1n) is 3.76. The summed E-state index contributed by atoms with van der Waals surface area (Å²) < 4.78 is 4.88. The molecule has 66 valence electrons. The van der Waals surface area contributed by atoms with Crippen molar-refractivity contribution in [3.8, 4) is 0 Å². The lowest BCUT2D eigenvalue weighted by Gasteiger charge is -2.07. The van der Waals surface area contributed by atoms with Gasteiger partial charge in [0.15, 0.2) is 0 Å². The maximum absolute atomic E-state index is 5.87. The molecule has 0 rings (SSSR count). The lowest BCUT2D eigenvalue weighted by Crippen LogP contribution is -2.20. The zero-order chi connectivity index (χ0) is 8.53. The number of methoxy groups -OCH3 is 1. The molecule has 0 bridgehead atoms. The minimum Gasteiger partial charge on any atom is -0.383 e. The number of hydrogen-bond donors (Lipinski definition) is 1. The van der Waals surface area contributed by atoms with Crippen LogP contribution in [-0.2, 0) is 4.74 Å². The second-order valence-electron chi connectivity index (χ2n) is 2.33. The van der Waals surface area contributed by atoms with Crippen molar-refractivity contribution in [1.29, 1.82) is 0 Å². The van der Waals surface area contributed by atoms with Gasteiger partial charge in [-0.1, -0.05) is 6.08 Å². The van der Waals surface area contributed by atoms with E-state index in [1.54, 1.807) is 7.11 Å². The van der Waals surface area contributed by atoms with Crippen molar-refractivity contribution in [2.45, 2.75) is 11.8 Å². The van der Waals surface area contributed by atoms with Gasteiger partial charge in [0.2, 0.25) is 0 Å². The summed E-state index contributed by atoms with van der Waals surface area (Å²) in [6.45, 7) is 5.98. The summed E-state index contributed by atoms with van der Waals surface area (Å²) in [6.07, 6.45) is 2.77. The zero-order valence-corrected chi connectivity index (χ0v) is 7.73. The minimum absolute atomic E-state index is 0.123. The largest absolute Gasteiger partial charge is 0.383 e. The molecule has 1 N–H and O–H groups in total. The van der Waals surface area contributed by atoms with Crippen molar-refractivity contribution >= 4 is 11.6 Å². The fraction of sp³-hybridized carbons (Fsp3) is 0.750. The predicted octanol–water partition coefficient (Wildman–Crippen LogP) is 1.41. The number of halogens is 1. The molecule has 0 aliphatic heterocycles. The quantitative estimate of drug-likeness (QED) is 0.361. The SMILES string of the molecule is C=CCNCCC(Cl)COC. The van der Waals surface area contributed by atoms with Crippen LogP contribution in [0.15, 0.2) is 12.7 Å². The van der Waals surface area contributed by atoms with Crippen LogP contribution in [0.4, 0.5) is 0 Å². The standard InChI is InChI=1S/C8H16ClNO/c1-3-5-10-6-4-8(9)7-11-2/h3,8,10H,1,4-7H2,2H3. The molecule has 3 heteroatoms. The first-order valence-corrected chi connectivity index (χ1v) is 4.19. The Morgan fingerprint density at radius 1 is 1.73 bits per heavy atom. The van der Waals surface area contributed by atoms with E-state index in [0.717, 1.165) is 19.5 Å². The van der Waals surface area contributed by atoms with Crippen molar-refractivity contribution in [2.24, 2.45) is 0 Å². The van der Waals surface area contributed by atoms with E-state index in [-0.39, 0.29) is 5.38 Å². The summed E-state index contributed by atoms with van der Waals surface area (Å²) in [5, 5.41) is 3.29. The van der Waals surface area contributed by atoms with E-state index >= 15 is 0 Å². The Labute approximate surface area is 73.6 Å². The Morgan fingerprint density at radius 2 is 2.45 bits per heavy atom. The van der Waals surface area contributed by atoms with E-state index in [1.165, 1.54) is 0 Å². The molecule has 0 radical (unpaired) electrons. The molecule has 1 atom stereocenters. The highest BCUT2D eigenvalue weighted by Crippen LogP contribution is 2.00. The van der Waals surface area contributed by atoms with Crippen LogP contribution in [0.2, 0.25) is 0 Å². The van der Waals surface area contributed by atoms with Gasteiger partial charge < -0.3 is 10.1 Å². The van der Waals surface area contributed by atoms with Crippen molar-refractivity contribution in [3.05, 3.63) is 12.7 Å². The van der Waals surface area contributed by atoms with Gasteiger partial charge in [0.25, 0.3) is 0 Å². The maximum atomic E-state index is 5.87. The third-order valence-corrected chi connectivity index (χ3v) is 1.61. The van der Waals surface area contributed by atoms with E-state index in [1.807, 2.05) is 6.08 Å². The van der Waals surface area contributed by atoms with E-state index in [9.17, 15) is 0 Å². The fourth-order valence-electron chi connectivity index (χ4n) is 0.727. The van der Waals surface area contributed by atoms with Crippen molar-refractivity contribution in [1.82, 2.24) is 5.32 Å². The van der Waals surface area contributed by atoms with E-state index in [2.05, 4.69) is 11.9 Å². The number of rotatable bonds is 7. The number of ether oxygens (including phenoxy) is 1. The topological polar surface area (TPSA) is 21.3 Å². The Bertz CT molecular complexity index is 98.1. The Morgan fingerprint density at radius 3 is 3.00 bits per heavy atom. The number of hydrogen-bond acceptors (Lipinski definition) is 2. The third-order valence-electron chi connectivity index (χ3n) is 1.27. The van der Waals surface area contributed by atoms with Crippen LogP contribution in [0, 0.1) is 0 Å². The van der Waals surface area contributed by atoms with Crippen LogP contribution in [0.25, 0.3) is 0 Å². The van der Waals surface area contributed by atoms with Crippen LogP contribution in [0.3, 0.4) is 0 Å². The monoisotopic (exact) mass is 177 g/mol. The lowest BCUT2D eigenvalue weighted by atomic mass is 10.3. The predicted molar refractivity (Wildman–Crippen MR) is 49.2 cm³/mol. The molecule has 0 aliphatic rings. The average molecular weight is 178 g/mol. The van der Waals surface area contributed by atoms with Crippen LogP contribution < -0.4 is 5.32 Å². The van der Waals surface area contributed by atoms with Crippen molar-refractivity contribution < 1.29 is 4.74 Å². The summed E-state index contributed by atoms with van der Waals surface area (Å²) >= 11 is 5.87. The molecule has 11 heavy (non-hydrogen) atoms. The van der Waals surface area contributed by atoms with Gasteiger partial charge in [0, 0.05) is 13.7 Å². The first kappa shape index (κ1) is 11.0. The molecule has 0 saturated carbocycles. The Kier molecular flexibility index (Phi) is 8.01. The second-order valence-corrected chi connectivity index (χ2v) is 2.95. The first-order chi connectivity index (χ1) is 5.31. The Balaban J connectivity index is 3.03. The molecule has 0 saturated heterocycles. The number of alkyl halides is 1. The molecule has 0 spiro atoms. The molecule has 0 fully saturated rings. The summed E-state index contributed by atoms with van der Waals surface area (Å²) in [7, 11) is 1.66. The van der Waals surface area contributed by atoms with Crippen molar-refractivity contribution in [2.75, 3.05) is 26.8 Å². The highest BCUT2D eigenvalue weighted by Gasteiger charge is 2.01. The smallest absolute Gasteiger partial charge is 0.0626 e. The molecule has 1 unspecified atom stereocenters. The zero-order valence-electron chi connectivity index (χ0n) is 6.98. The fourth-order valence-corrected chi connectivity index (χ4v) is 0.962. The molecule has 0 aromatic heterocycles. The van der Waals surface area contributed by atoms with Gasteiger partial charge in [-0.15, -0.1) is 18.2 Å². The van der Waals surface area contributed by atoms with Crippen LogP contribution in [0.5, 0.6) is 0 Å². The van der Waals surface area contributed by atoms with Crippen molar-refractivity contribution in [3.63, 3.8) is 0 Å². The van der Waals surface area contributed by atoms with Gasteiger partial charge in [-0.05, 0) is 13.0 Å². The van der Waals surface area contributed by atoms with E-state index in [0.29, 0.717) is 6.61 Å². The molecule has 0 heterocycles. The summed E-state index contributed by atoms with van der Waals surface area (Å²) in [4.78, 5) is 0. The lowest BCUT2D eigenvalue weighted by molar-refractivity contribution is 0.195. The summed E-state index contributed by atoms with van der Waals surface area (Å²) in [5.41, 5.74) is 0. The molecule has 0 aromatic carbocycles. The van der Waals surface area contributed by atoms with Gasteiger partial charge >= 0.3 is 0 Å². The normalized spacial score (nSPS) is 12.9. The average Bonchev–Trinajstić information content (AvgIpc) is 1.99. The minimum atomic E-state index is 0.123. The van der Waals surface area contributed by atoms with Crippen LogP contribution in [-0.4, -0.2) is 32.2 Å². The molecule has 0 amide bonds. The maximum Gasteiger partial charge on any atom is 0.0626 e. The second kappa shape index (κ2) is 8.05. The van der Waals surface area contributed by atoms with E-state index < -0.39 is 0 Å². The van der Waals surface area contributed by atoms with Crippen LogP contribution >= 0.6 is 11.6 Å². The Hall–Kier alpha value is -0.0500. The summed E-state index contributed by atoms with van der Waals surface area (Å²) in [6, 6.07) is 0. The highest BCUT2D eigenvalue weighted by atomic mass is 35.5.